The average Bonchev–Trinajstić information content (AvgIpc) is 2.36. The van der Waals surface area contributed by atoms with Gasteiger partial charge in [-0.05, 0) is 30.0 Å². The number of hydrogen-bond acceptors (Lipinski definition) is 3. The molecule has 0 saturated carbocycles. The fourth-order valence-corrected chi connectivity index (χ4v) is 3.52. The number of benzene rings is 1. The molecule has 1 rings (SSSR count). The maximum atomic E-state index is 12.4. The molecule has 0 aliphatic rings. The van der Waals surface area contributed by atoms with Crippen molar-refractivity contribution in [2.24, 2.45) is 5.92 Å². The van der Waals surface area contributed by atoms with Gasteiger partial charge in [0.1, 0.15) is 0 Å². The summed E-state index contributed by atoms with van der Waals surface area (Å²) >= 11 is 0. The molecule has 108 valence electrons. The second kappa shape index (κ2) is 7.03. The molecule has 0 aliphatic heterocycles. The van der Waals surface area contributed by atoms with Gasteiger partial charge in [-0.25, -0.2) is 8.42 Å². The van der Waals surface area contributed by atoms with Crippen molar-refractivity contribution in [3.63, 3.8) is 0 Å². The number of aliphatic hydroxyl groups is 1. The van der Waals surface area contributed by atoms with Crippen LogP contribution in [-0.2, 0) is 16.4 Å². The summed E-state index contributed by atoms with van der Waals surface area (Å²) in [7, 11) is -3.41. The number of hydrogen-bond donors (Lipinski definition) is 1. The Hall–Kier alpha value is -0.910. The standard InChI is InChI=1S/C14H23NO3S/c1-4-15(11-12(2)3)19(17,18)14-7-5-13(6-8-14)9-10-16/h5-8,12,16H,4,9-11H2,1-3H3. The smallest absolute Gasteiger partial charge is 0.243 e. The van der Waals surface area contributed by atoms with Crippen molar-refractivity contribution in [2.75, 3.05) is 19.7 Å². The van der Waals surface area contributed by atoms with Gasteiger partial charge in [0.2, 0.25) is 10.0 Å². The fraction of sp³-hybridized carbons (Fsp3) is 0.571. The van der Waals surface area contributed by atoms with E-state index in [-0.39, 0.29) is 6.61 Å². The molecule has 0 heterocycles. The lowest BCUT2D eigenvalue weighted by Crippen LogP contribution is -2.34. The van der Waals surface area contributed by atoms with Crippen LogP contribution in [0, 0.1) is 5.92 Å². The Morgan fingerprint density at radius 3 is 2.21 bits per heavy atom. The van der Waals surface area contributed by atoms with Gasteiger partial charge in [0.15, 0.2) is 0 Å². The van der Waals surface area contributed by atoms with E-state index in [2.05, 4.69) is 0 Å². The minimum Gasteiger partial charge on any atom is -0.396 e. The summed E-state index contributed by atoms with van der Waals surface area (Å²) in [5, 5.41) is 8.85. The van der Waals surface area contributed by atoms with Crippen LogP contribution in [0.25, 0.3) is 0 Å². The number of aliphatic hydroxyl groups excluding tert-OH is 1. The Kier molecular flexibility index (Phi) is 5.97. The molecule has 19 heavy (non-hydrogen) atoms. The molecule has 0 fully saturated rings. The van der Waals surface area contributed by atoms with Gasteiger partial charge in [-0.15, -0.1) is 0 Å². The van der Waals surface area contributed by atoms with E-state index in [9.17, 15) is 8.42 Å². The van der Waals surface area contributed by atoms with E-state index in [1.807, 2.05) is 20.8 Å². The summed E-state index contributed by atoms with van der Waals surface area (Å²) in [5.74, 6) is 0.295. The molecule has 0 saturated heterocycles. The molecule has 5 heteroatoms. The lowest BCUT2D eigenvalue weighted by Gasteiger charge is -2.22. The number of sulfonamides is 1. The van der Waals surface area contributed by atoms with Crippen LogP contribution in [-0.4, -0.2) is 37.5 Å². The van der Waals surface area contributed by atoms with E-state index in [0.717, 1.165) is 5.56 Å². The quantitative estimate of drug-likeness (QED) is 0.832. The van der Waals surface area contributed by atoms with E-state index >= 15 is 0 Å². The van der Waals surface area contributed by atoms with E-state index < -0.39 is 10.0 Å². The van der Waals surface area contributed by atoms with Crippen molar-refractivity contribution < 1.29 is 13.5 Å². The van der Waals surface area contributed by atoms with Crippen molar-refractivity contribution in [3.8, 4) is 0 Å². The van der Waals surface area contributed by atoms with E-state index in [1.165, 1.54) is 4.31 Å². The van der Waals surface area contributed by atoms with Crippen molar-refractivity contribution in [2.45, 2.75) is 32.1 Å². The van der Waals surface area contributed by atoms with Gasteiger partial charge in [0.05, 0.1) is 4.90 Å². The summed E-state index contributed by atoms with van der Waals surface area (Å²) in [6.45, 7) is 6.92. The first-order chi connectivity index (χ1) is 8.91. The Balaban J connectivity index is 2.98. The Labute approximate surface area is 116 Å². The lowest BCUT2D eigenvalue weighted by atomic mass is 10.2. The lowest BCUT2D eigenvalue weighted by molar-refractivity contribution is 0.299. The molecule has 1 N–H and O–H groups in total. The molecule has 0 aliphatic carbocycles. The van der Waals surface area contributed by atoms with Crippen LogP contribution in [0.1, 0.15) is 26.3 Å². The molecule has 4 nitrogen and oxygen atoms in total. The molecular formula is C14H23NO3S. The maximum Gasteiger partial charge on any atom is 0.243 e. The van der Waals surface area contributed by atoms with Crippen LogP contribution in [0.15, 0.2) is 29.2 Å². The normalized spacial score (nSPS) is 12.3. The predicted octanol–water partition coefficient (Wildman–Crippen LogP) is 1.89. The second-order valence-electron chi connectivity index (χ2n) is 4.97. The van der Waals surface area contributed by atoms with Crippen molar-refractivity contribution in [1.82, 2.24) is 4.31 Å². The molecule has 0 aromatic heterocycles. The largest absolute Gasteiger partial charge is 0.396 e. The molecule has 0 spiro atoms. The predicted molar refractivity (Wildman–Crippen MR) is 76.5 cm³/mol. The minimum atomic E-state index is -3.41. The first-order valence-electron chi connectivity index (χ1n) is 6.61. The van der Waals surface area contributed by atoms with Crippen molar-refractivity contribution in [3.05, 3.63) is 29.8 Å². The highest BCUT2D eigenvalue weighted by molar-refractivity contribution is 7.89. The molecular weight excluding hydrogens is 262 g/mol. The summed E-state index contributed by atoms with van der Waals surface area (Å²) in [6, 6.07) is 6.74. The van der Waals surface area contributed by atoms with Gasteiger partial charge in [0.25, 0.3) is 0 Å². The van der Waals surface area contributed by atoms with Crippen LogP contribution >= 0.6 is 0 Å². The van der Waals surface area contributed by atoms with Crippen LogP contribution in [0.4, 0.5) is 0 Å². The summed E-state index contributed by atoms with van der Waals surface area (Å²) < 4.78 is 26.4. The Morgan fingerprint density at radius 2 is 1.79 bits per heavy atom. The summed E-state index contributed by atoms with van der Waals surface area (Å²) in [5.41, 5.74) is 0.938. The zero-order chi connectivity index (χ0) is 14.5. The highest BCUT2D eigenvalue weighted by Crippen LogP contribution is 2.17. The summed E-state index contributed by atoms with van der Waals surface area (Å²) in [6.07, 6.45) is 0.545. The first-order valence-corrected chi connectivity index (χ1v) is 8.05. The monoisotopic (exact) mass is 285 g/mol. The first kappa shape index (κ1) is 16.1. The van der Waals surface area contributed by atoms with Crippen molar-refractivity contribution in [1.29, 1.82) is 0 Å². The molecule has 0 atom stereocenters. The topological polar surface area (TPSA) is 57.6 Å². The van der Waals surface area contributed by atoms with E-state index in [4.69, 9.17) is 5.11 Å². The van der Waals surface area contributed by atoms with Gasteiger partial charge in [0, 0.05) is 19.7 Å². The van der Waals surface area contributed by atoms with Crippen LogP contribution in [0.2, 0.25) is 0 Å². The second-order valence-corrected chi connectivity index (χ2v) is 6.91. The molecule has 0 bridgehead atoms. The van der Waals surface area contributed by atoms with Gasteiger partial charge in [-0.2, -0.15) is 4.31 Å². The third-order valence-electron chi connectivity index (χ3n) is 2.88. The van der Waals surface area contributed by atoms with Crippen LogP contribution < -0.4 is 0 Å². The van der Waals surface area contributed by atoms with Gasteiger partial charge >= 0.3 is 0 Å². The zero-order valence-electron chi connectivity index (χ0n) is 11.8. The van der Waals surface area contributed by atoms with Crippen LogP contribution in [0.3, 0.4) is 0 Å². The molecule has 0 unspecified atom stereocenters. The van der Waals surface area contributed by atoms with Gasteiger partial charge < -0.3 is 5.11 Å². The minimum absolute atomic E-state index is 0.0700. The van der Waals surface area contributed by atoms with E-state index in [1.54, 1.807) is 24.3 Å². The highest BCUT2D eigenvalue weighted by Gasteiger charge is 2.23. The number of nitrogens with zero attached hydrogens (tertiary/aromatic N) is 1. The SMILES string of the molecule is CCN(CC(C)C)S(=O)(=O)c1ccc(CCO)cc1. The highest BCUT2D eigenvalue weighted by atomic mass is 32.2. The fourth-order valence-electron chi connectivity index (χ4n) is 1.91. The third kappa shape index (κ3) is 4.30. The summed E-state index contributed by atoms with van der Waals surface area (Å²) in [4.78, 5) is 0.316. The van der Waals surface area contributed by atoms with Crippen molar-refractivity contribution >= 4 is 10.0 Å². The maximum absolute atomic E-state index is 12.4. The molecule has 0 radical (unpaired) electrons. The number of rotatable bonds is 7. The molecule has 1 aromatic rings. The Bertz CT molecular complexity index is 480. The molecule has 0 amide bonds. The third-order valence-corrected chi connectivity index (χ3v) is 4.84. The van der Waals surface area contributed by atoms with Gasteiger partial charge in [-0.1, -0.05) is 32.9 Å². The Morgan fingerprint density at radius 1 is 1.21 bits per heavy atom. The van der Waals surface area contributed by atoms with Crippen LogP contribution in [0.5, 0.6) is 0 Å². The average molecular weight is 285 g/mol. The van der Waals surface area contributed by atoms with E-state index in [0.29, 0.717) is 30.3 Å². The van der Waals surface area contributed by atoms with Gasteiger partial charge in [-0.3, -0.25) is 0 Å². The molecule has 1 aromatic carbocycles. The zero-order valence-corrected chi connectivity index (χ0v) is 12.7.